The van der Waals surface area contributed by atoms with Crippen LogP contribution in [0.3, 0.4) is 0 Å². The normalized spacial score (nSPS) is 14.3. The molecule has 1 aromatic carbocycles. The smallest absolute Gasteiger partial charge is 0.254 e. The van der Waals surface area contributed by atoms with Crippen LogP contribution in [0.4, 0.5) is 11.5 Å². The molecule has 0 saturated heterocycles. The zero-order chi connectivity index (χ0) is 17.8. The number of aromatic nitrogens is 2. The minimum absolute atomic E-state index is 0.0384. The molecular weight excluding hydrogens is 316 g/mol. The van der Waals surface area contributed by atoms with E-state index in [1.807, 2.05) is 24.3 Å². The van der Waals surface area contributed by atoms with Crippen molar-refractivity contribution in [2.45, 2.75) is 31.7 Å². The van der Waals surface area contributed by atoms with E-state index in [4.69, 9.17) is 16.3 Å². The van der Waals surface area contributed by atoms with Gasteiger partial charge in [-0.2, -0.15) is 15.6 Å². The number of anilines is 2. The maximum Gasteiger partial charge on any atom is 0.254 e. The van der Waals surface area contributed by atoms with Gasteiger partial charge < -0.3 is 11.1 Å². The lowest BCUT2D eigenvalue weighted by Crippen LogP contribution is -2.12. The van der Waals surface area contributed by atoms with Gasteiger partial charge in [0.1, 0.15) is 5.56 Å². The molecule has 1 heterocycles. The maximum absolute atomic E-state index is 11.8. The van der Waals surface area contributed by atoms with E-state index < -0.39 is 5.91 Å². The second-order valence-electron chi connectivity index (χ2n) is 6.16. The summed E-state index contributed by atoms with van der Waals surface area (Å²) in [4.78, 5) is 11.8. The molecule has 7 heteroatoms. The molecule has 1 atom stereocenters. The molecule has 1 aromatic heterocycles. The number of nitrogens with zero attached hydrogens (tertiary/aromatic N) is 4. The van der Waals surface area contributed by atoms with Crippen LogP contribution in [0.25, 0.3) is 0 Å². The number of carbonyl (C=O) groups is 1. The first kappa shape index (κ1) is 16.5. The molecule has 0 spiro atoms. The summed E-state index contributed by atoms with van der Waals surface area (Å²) in [6.07, 6.45) is 4.40. The van der Waals surface area contributed by atoms with Gasteiger partial charge in [-0.25, -0.2) is 0 Å². The molecule has 1 unspecified atom stereocenters. The van der Waals surface area contributed by atoms with E-state index in [2.05, 4.69) is 22.6 Å². The Morgan fingerprint density at radius 1 is 1.40 bits per heavy atom. The number of nitrogens with two attached hydrogens (primary N) is 1. The highest BCUT2D eigenvalue weighted by Gasteiger charge is 2.33. The number of nitriles is 2. The quantitative estimate of drug-likeness (QED) is 0.806. The zero-order valence-corrected chi connectivity index (χ0v) is 13.6. The Kier molecular flexibility index (Phi) is 4.67. The topological polar surface area (TPSA) is 121 Å². The minimum Gasteiger partial charge on any atom is -0.365 e. The summed E-state index contributed by atoms with van der Waals surface area (Å²) in [5.74, 6) is 0.214. The van der Waals surface area contributed by atoms with Crippen LogP contribution in [-0.4, -0.2) is 15.7 Å². The largest absolute Gasteiger partial charge is 0.365 e. The third-order valence-electron chi connectivity index (χ3n) is 4.28. The van der Waals surface area contributed by atoms with E-state index in [-0.39, 0.29) is 11.6 Å². The number of rotatable bonds is 7. The summed E-state index contributed by atoms with van der Waals surface area (Å²) in [6, 6.07) is 11.6. The second kappa shape index (κ2) is 7.06. The van der Waals surface area contributed by atoms with Gasteiger partial charge in [-0.1, -0.05) is 12.1 Å². The van der Waals surface area contributed by atoms with Crippen LogP contribution in [-0.2, 0) is 6.42 Å². The number of amides is 1. The molecule has 0 aliphatic heterocycles. The number of hydrogen-bond acceptors (Lipinski definition) is 5. The lowest BCUT2D eigenvalue weighted by Gasteiger charge is -2.12. The van der Waals surface area contributed by atoms with E-state index in [0.717, 1.165) is 24.1 Å². The van der Waals surface area contributed by atoms with Gasteiger partial charge in [-0.15, -0.1) is 0 Å². The predicted molar refractivity (Wildman–Crippen MR) is 91.8 cm³/mol. The molecular formula is C18H18N6O. The van der Waals surface area contributed by atoms with Gasteiger partial charge in [-0.05, 0) is 36.5 Å². The predicted octanol–water partition coefficient (Wildman–Crippen LogP) is 2.66. The fraction of sp³-hybridized carbons (Fsp3) is 0.333. The van der Waals surface area contributed by atoms with Crippen molar-refractivity contribution in [1.29, 1.82) is 10.5 Å². The van der Waals surface area contributed by atoms with E-state index in [9.17, 15) is 4.79 Å². The minimum atomic E-state index is -0.576. The molecule has 0 bridgehead atoms. The Balaban J connectivity index is 1.90. The van der Waals surface area contributed by atoms with Crippen molar-refractivity contribution in [2.24, 2.45) is 11.7 Å². The first-order valence-corrected chi connectivity index (χ1v) is 8.11. The van der Waals surface area contributed by atoms with Crippen LogP contribution < -0.4 is 11.1 Å². The van der Waals surface area contributed by atoms with Gasteiger partial charge in [0.05, 0.1) is 31.0 Å². The summed E-state index contributed by atoms with van der Waals surface area (Å²) in [5.41, 5.74) is 7.37. The summed E-state index contributed by atoms with van der Waals surface area (Å²) in [7, 11) is 0. The van der Waals surface area contributed by atoms with Crippen LogP contribution in [0.1, 0.15) is 41.2 Å². The van der Waals surface area contributed by atoms with Crippen molar-refractivity contribution >= 4 is 17.4 Å². The number of primary amides is 1. The molecule has 126 valence electrons. The molecule has 25 heavy (non-hydrogen) atoms. The molecule has 1 amide bonds. The summed E-state index contributed by atoms with van der Waals surface area (Å²) >= 11 is 0. The Hall–Kier alpha value is -3.32. The molecule has 1 aliphatic carbocycles. The number of hydrogen-bond donors (Lipinski definition) is 2. The summed E-state index contributed by atoms with van der Waals surface area (Å²) in [5, 5.41) is 25.4. The number of benzene rings is 1. The Morgan fingerprint density at radius 2 is 2.20 bits per heavy atom. The van der Waals surface area contributed by atoms with Crippen molar-refractivity contribution in [3.05, 3.63) is 41.6 Å². The van der Waals surface area contributed by atoms with E-state index in [0.29, 0.717) is 24.6 Å². The van der Waals surface area contributed by atoms with Crippen LogP contribution in [0.15, 0.2) is 30.5 Å². The third-order valence-corrected chi connectivity index (χ3v) is 4.28. The molecule has 1 aliphatic rings. The molecule has 2 aromatic rings. The van der Waals surface area contributed by atoms with Crippen LogP contribution in [0, 0.1) is 28.6 Å². The highest BCUT2D eigenvalue weighted by molar-refractivity contribution is 5.98. The SMILES string of the molecule is N#CCc1cccc(Nc2nn(C(CC#N)C3CC3)cc2C(N)=O)c1. The van der Waals surface area contributed by atoms with Gasteiger partial charge in [0, 0.05) is 11.9 Å². The van der Waals surface area contributed by atoms with E-state index in [1.165, 1.54) is 0 Å². The van der Waals surface area contributed by atoms with E-state index in [1.54, 1.807) is 10.9 Å². The summed E-state index contributed by atoms with van der Waals surface area (Å²) < 4.78 is 1.68. The molecule has 3 N–H and O–H groups in total. The first-order valence-electron chi connectivity index (χ1n) is 8.11. The van der Waals surface area contributed by atoms with Crippen molar-refractivity contribution in [3.63, 3.8) is 0 Å². The maximum atomic E-state index is 11.8. The molecule has 3 rings (SSSR count). The lowest BCUT2D eigenvalue weighted by atomic mass is 10.1. The number of nitrogens with one attached hydrogen (secondary N) is 1. The van der Waals surface area contributed by atoms with E-state index >= 15 is 0 Å². The monoisotopic (exact) mass is 334 g/mol. The van der Waals surface area contributed by atoms with Crippen molar-refractivity contribution < 1.29 is 4.79 Å². The highest BCUT2D eigenvalue weighted by atomic mass is 16.1. The standard InChI is InChI=1S/C18H18N6O/c19-8-6-12-2-1-3-14(10-12)22-18-15(17(21)25)11-24(23-18)16(7-9-20)13-4-5-13/h1-3,10-11,13,16H,4-7H2,(H2,21,25)(H,22,23). The molecule has 0 radical (unpaired) electrons. The van der Waals surface area contributed by atoms with Gasteiger partial charge in [-0.3, -0.25) is 9.48 Å². The van der Waals surface area contributed by atoms with Crippen LogP contribution in [0.2, 0.25) is 0 Å². The van der Waals surface area contributed by atoms with Crippen molar-refractivity contribution in [2.75, 3.05) is 5.32 Å². The summed E-state index contributed by atoms with van der Waals surface area (Å²) in [6.45, 7) is 0. The second-order valence-corrected chi connectivity index (χ2v) is 6.16. The van der Waals surface area contributed by atoms with Gasteiger partial charge in [0.25, 0.3) is 5.91 Å². The highest BCUT2D eigenvalue weighted by Crippen LogP contribution is 2.41. The van der Waals surface area contributed by atoms with Crippen LogP contribution >= 0.6 is 0 Å². The Labute approximate surface area is 145 Å². The fourth-order valence-corrected chi connectivity index (χ4v) is 2.87. The zero-order valence-electron chi connectivity index (χ0n) is 13.6. The Bertz CT molecular complexity index is 868. The van der Waals surface area contributed by atoms with Crippen LogP contribution in [0.5, 0.6) is 0 Å². The third kappa shape index (κ3) is 3.78. The molecule has 1 fully saturated rings. The van der Waals surface area contributed by atoms with Gasteiger partial charge in [0.15, 0.2) is 5.82 Å². The lowest BCUT2D eigenvalue weighted by molar-refractivity contribution is 0.100. The Morgan fingerprint density at radius 3 is 2.84 bits per heavy atom. The average molecular weight is 334 g/mol. The van der Waals surface area contributed by atoms with Crippen molar-refractivity contribution in [3.8, 4) is 12.1 Å². The first-order chi connectivity index (χ1) is 12.1. The van der Waals surface area contributed by atoms with Gasteiger partial charge in [0.2, 0.25) is 0 Å². The van der Waals surface area contributed by atoms with Gasteiger partial charge >= 0.3 is 0 Å². The average Bonchev–Trinajstić information content (AvgIpc) is 3.33. The number of carbonyl (C=O) groups excluding carboxylic acids is 1. The fourth-order valence-electron chi connectivity index (χ4n) is 2.87. The van der Waals surface area contributed by atoms with Crippen molar-refractivity contribution in [1.82, 2.24) is 9.78 Å². The molecule has 7 nitrogen and oxygen atoms in total. The molecule has 1 saturated carbocycles.